The van der Waals surface area contributed by atoms with Crippen LogP contribution in [0.3, 0.4) is 0 Å². The molecule has 0 bridgehead atoms. The predicted molar refractivity (Wildman–Crippen MR) is 52.4 cm³/mol. The first-order valence-electron chi connectivity index (χ1n) is 3.90. The molecule has 0 radical (unpaired) electrons. The third kappa shape index (κ3) is 1.82. The minimum absolute atomic E-state index is 0.0974. The third-order valence-electron chi connectivity index (χ3n) is 2.15. The van der Waals surface area contributed by atoms with Gasteiger partial charge in [0.1, 0.15) is 3.55 Å². The number of likely N-dealkylation sites (tertiary alicyclic amines) is 1. The van der Waals surface area contributed by atoms with Crippen molar-refractivity contribution in [3.8, 4) is 0 Å². The Morgan fingerprint density at radius 2 is 2.25 bits per heavy atom. The van der Waals surface area contributed by atoms with E-state index in [9.17, 15) is 4.79 Å². The summed E-state index contributed by atoms with van der Waals surface area (Å²) in [6, 6.07) is 0. The fourth-order valence-electron chi connectivity index (χ4n) is 1.43. The molecule has 0 aliphatic carbocycles. The Labute approximate surface area is 84.7 Å². The van der Waals surface area contributed by atoms with Crippen LogP contribution in [0.5, 0.6) is 0 Å². The lowest BCUT2D eigenvalue weighted by Crippen LogP contribution is -2.52. The summed E-state index contributed by atoms with van der Waals surface area (Å²) in [4.78, 5) is 12.1. The number of nitrogens with zero attached hydrogens (tertiary/aromatic N) is 1. The summed E-state index contributed by atoms with van der Waals surface area (Å²) in [5.41, 5.74) is 0. The molecule has 5 heteroatoms. The largest absolute Gasteiger partial charge is 0.465 e. The summed E-state index contributed by atoms with van der Waals surface area (Å²) >= 11 is 2.03. The molecule has 0 aromatic rings. The number of amides is 1. The number of alkyl halides is 1. The molecule has 0 saturated carbocycles. The molecule has 4 nitrogen and oxygen atoms in total. The van der Waals surface area contributed by atoms with Gasteiger partial charge in [-0.1, -0.05) is 22.6 Å². The van der Waals surface area contributed by atoms with Crippen molar-refractivity contribution in [2.24, 2.45) is 0 Å². The molecule has 1 amide bonds. The van der Waals surface area contributed by atoms with E-state index >= 15 is 0 Å². The highest BCUT2D eigenvalue weighted by molar-refractivity contribution is 14.1. The molecule has 1 saturated heterocycles. The fraction of sp³-hybridized carbons (Fsp3) is 0.857. The van der Waals surface area contributed by atoms with Crippen molar-refractivity contribution < 1.29 is 15.0 Å². The van der Waals surface area contributed by atoms with Gasteiger partial charge in [0, 0.05) is 6.54 Å². The van der Waals surface area contributed by atoms with Gasteiger partial charge in [-0.25, -0.2) is 4.79 Å². The van der Waals surface area contributed by atoms with Crippen molar-refractivity contribution in [3.63, 3.8) is 0 Å². The lowest BCUT2D eigenvalue weighted by Gasteiger charge is -2.40. The summed E-state index contributed by atoms with van der Waals surface area (Å²) < 4.78 is -0.582. The topological polar surface area (TPSA) is 60.8 Å². The SMILES string of the molecule is O=C(O)N1CCCCC1(I)CO. The molecule has 1 aliphatic rings. The molecule has 1 heterocycles. The second-order valence-electron chi connectivity index (χ2n) is 2.97. The van der Waals surface area contributed by atoms with E-state index in [1.54, 1.807) is 0 Å². The van der Waals surface area contributed by atoms with E-state index in [4.69, 9.17) is 10.2 Å². The molecule has 1 rings (SSSR count). The maximum Gasteiger partial charge on any atom is 0.408 e. The highest BCUT2D eigenvalue weighted by atomic mass is 127. The predicted octanol–water partition coefficient (Wildman–Crippen LogP) is 1.27. The number of carbonyl (C=O) groups is 1. The van der Waals surface area contributed by atoms with Gasteiger partial charge < -0.3 is 10.2 Å². The zero-order valence-electron chi connectivity index (χ0n) is 6.66. The second-order valence-corrected chi connectivity index (χ2v) is 4.98. The van der Waals surface area contributed by atoms with Gasteiger partial charge in [0.05, 0.1) is 6.61 Å². The van der Waals surface area contributed by atoms with Gasteiger partial charge in [-0.15, -0.1) is 0 Å². The van der Waals surface area contributed by atoms with Crippen LogP contribution in [0, 0.1) is 0 Å². The minimum atomic E-state index is -0.932. The number of piperidine rings is 1. The zero-order chi connectivity index (χ0) is 9.19. The van der Waals surface area contributed by atoms with E-state index in [1.165, 1.54) is 4.90 Å². The summed E-state index contributed by atoms with van der Waals surface area (Å²) in [7, 11) is 0. The number of carboxylic acid groups (broad SMARTS) is 1. The van der Waals surface area contributed by atoms with Gasteiger partial charge in [-0.3, -0.25) is 4.90 Å². The van der Waals surface area contributed by atoms with E-state index in [0.29, 0.717) is 6.54 Å². The van der Waals surface area contributed by atoms with Gasteiger partial charge in [0.2, 0.25) is 0 Å². The summed E-state index contributed by atoms with van der Waals surface area (Å²) in [5, 5.41) is 17.9. The van der Waals surface area contributed by atoms with Crippen LogP contribution < -0.4 is 0 Å². The third-order valence-corrected chi connectivity index (χ3v) is 3.61. The van der Waals surface area contributed by atoms with Gasteiger partial charge in [-0.2, -0.15) is 0 Å². The van der Waals surface area contributed by atoms with E-state index in [2.05, 4.69) is 0 Å². The quantitative estimate of drug-likeness (QED) is 0.433. The number of aliphatic hydroxyl groups is 1. The lowest BCUT2D eigenvalue weighted by atomic mass is 10.0. The van der Waals surface area contributed by atoms with Gasteiger partial charge in [-0.05, 0) is 19.3 Å². The van der Waals surface area contributed by atoms with Crippen LogP contribution in [0.1, 0.15) is 19.3 Å². The Morgan fingerprint density at radius 3 is 2.67 bits per heavy atom. The standard InChI is InChI=1S/C7H12INO3/c8-7(5-10)3-1-2-4-9(7)6(11)12/h10H,1-5H2,(H,11,12). The van der Waals surface area contributed by atoms with Crippen LogP contribution in [-0.2, 0) is 0 Å². The van der Waals surface area contributed by atoms with Crippen LogP contribution in [-0.4, -0.2) is 37.9 Å². The van der Waals surface area contributed by atoms with Crippen LogP contribution >= 0.6 is 22.6 Å². The fourth-order valence-corrected chi connectivity index (χ4v) is 2.26. The number of hydrogen-bond donors (Lipinski definition) is 2. The van der Waals surface area contributed by atoms with E-state index in [1.807, 2.05) is 22.6 Å². The highest BCUT2D eigenvalue weighted by Crippen LogP contribution is 2.33. The van der Waals surface area contributed by atoms with Crippen LogP contribution in [0.25, 0.3) is 0 Å². The van der Waals surface area contributed by atoms with Crippen molar-refractivity contribution in [2.75, 3.05) is 13.2 Å². The monoisotopic (exact) mass is 285 g/mol. The average Bonchev–Trinajstić information content (AvgIpc) is 2.05. The molecule has 12 heavy (non-hydrogen) atoms. The summed E-state index contributed by atoms with van der Waals surface area (Å²) in [5.74, 6) is 0. The first kappa shape index (κ1) is 10.0. The Hall–Kier alpha value is -0.0400. The Morgan fingerprint density at radius 1 is 1.58 bits per heavy atom. The lowest BCUT2D eigenvalue weighted by molar-refractivity contribution is 0.0695. The molecule has 0 aromatic carbocycles. The molecule has 1 fully saturated rings. The maximum atomic E-state index is 10.7. The Balaban J connectivity index is 2.73. The average molecular weight is 285 g/mol. The summed E-state index contributed by atoms with van der Waals surface area (Å²) in [6.07, 6.45) is 1.71. The van der Waals surface area contributed by atoms with Crippen molar-refractivity contribution in [2.45, 2.75) is 22.8 Å². The van der Waals surface area contributed by atoms with Gasteiger partial charge >= 0.3 is 6.09 Å². The minimum Gasteiger partial charge on any atom is -0.465 e. The number of rotatable bonds is 1. The van der Waals surface area contributed by atoms with Crippen molar-refractivity contribution in [1.82, 2.24) is 4.90 Å². The molecule has 0 spiro atoms. The molecular weight excluding hydrogens is 273 g/mol. The zero-order valence-corrected chi connectivity index (χ0v) is 8.82. The summed E-state index contributed by atoms with van der Waals surface area (Å²) in [6.45, 7) is 0.443. The van der Waals surface area contributed by atoms with E-state index in [0.717, 1.165) is 19.3 Å². The maximum absolute atomic E-state index is 10.7. The Kier molecular flexibility index (Phi) is 3.16. The van der Waals surface area contributed by atoms with Crippen molar-refractivity contribution >= 4 is 28.7 Å². The van der Waals surface area contributed by atoms with E-state index in [-0.39, 0.29) is 6.61 Å². The number of halogens is 1. The number of aliphatic hydroxyl groups excluding tert-OH is 1. The van der Waals surface area contributed by atoms with Crippen LogP contribution in [0.15, 0.2) is 0 Å². The molecule has 1 atom stereocenters. The molecule has 70 valence electrons. The van der Waals surface area contributed by atoms with E-state index < -0.39 is 9.64 Å². The first-order chi connectivity index (χ1) is 5.60. The smallest absolute Gasteiger partial charge is 0.408 e. The van der Waals surface area contributed by atoms with Crippen LogP contribution in [0.2, 0.25) is 0 Å². The normalized spacial score (nSPS) is 30.3. The molecule has 2 N–H and O–H groups in total. The van der Waals surface area contributed by atoms with Gasteiger partial charge in [0.15, 0.2) is 0 Å². The highest BCUT2D eigenvalue weighted by Gasteiger charge is 2.38. The molecule has 1 unspecified atom stereocenters. The van der Waals surface area contributed by atoms with Crippen LogP contribution in [0.4, 0.5) is 4.79 Å². The first-order valence-corrected chi connectivity index (χ1v) is 4.98. The second kappa shape index (κ2) is 3.78. The molecular formula is C7H12INO3. The number of hydrogen-bond acceptors (Lipinski definition) is 2. The van der Waals surface area contributed by atoms with Crippen molar-refractivity contribution in [3.05, 3.63) is 0 Å². The molecule has 1 aliphatic heterocycles. The van der Waals surface area contributed by atoms with Crippen molar-refractivity contribution in [1.29, 1.82) is 0 Å². The van der Waals surface area contributed by atoms with Gasteiger partial charge in [0.25, 0.3) is 0 Å². The molecule has 0 aromatic heterocycles. The Bertz CT molecular complexity index is 187.